The quantitative estimate of drug-likeness (QED) is 0.856. The van der Waals surface area contributed by atoms with Crippen LogP contribution in [0.4, 0.5) is 0 Å². The smallest absolute Gasteiger partial charge is 0.354 e. The van der Waals surface area contributed by atoms with Crippen molar-refractivity contribution < 1.29 is 19.5 Å². The second kappa shape index (κ2) is 7.02. The van der Waals surface area contributed by atoms with Crippen molar-refractivity contribution in [1.29, 1.82) is 0 Å². The highest BCUT2D eigenvalue weighted by molar-refractivity contribution is 5.96. The van der Waals surface area contributed by atoms with Crippen molar-refractivity contribution in [3.05, 3.63) is 29.6 Å². The zero-order valence-electron chi connectivity index (χ0n) is 12.4. The van der Waals surface area contributed by atoms with E-state index in [1.807, 2.05) is 0 Å². The van der Waals surface area contributed by atoms with Gasteiger partial charge >= 0.3 is 5.97 Å². The number of pyridine rings is 1. The van der Waals surface area contributed by atoms with E-state index in [9.17, 15) is 14.4 Å². The van der Waals surface area contributed by atoms with Crippen LogP contribution in [0, 0.1) is 5.92 Å². The summed E-state index contributed by atoms with van der Waals surface area (Å²) in [5.41, 5.74) is 0.192. The number of aromatic nitrogens is 1. The Hall–Kier alpha value is -2.44. The summed E-state index contributed by atoms with van der Waals surface area (Å²) in [6, 6.07) is 2.81. The Kier molecular flexibility index (Phi) is 5.08. The van der Waals surface area contributed by atoms with Crippen molar-refractivity contribution in [3.63, 3.8) is 0 Å². The molecule has 1 aromatic heterocycles. The number of aromatic carboxylic acids is 1. The predicted molar refractivity (Wildman–Crippen MR) is 78.5 cm³/mol. The number of amides is 2. The van der Waals surface area contributed by atoms with Crippen LogP contribution in [0.2, 0.25) is 0 Å². The summed E-state index contributed by atoms with van der Waals surface area (Å²) in [6.07, 6.45) is 3.36. The Morgan fingerprint density at radius 3 is 2.64 bits per heavy atom. The molecule has 0 spiro atoms. The average Bonchev–Trinajstić information content (AvgIpc) is 2.55. The number of carbonyl (C=O) groups is 3. The number of nitrogens with one attached hydrogen (secondary N) is 1. The average molecular weight is 305 g/mol. The van der Waals surface area contributed by atoms with Gasteiger partial charge in [-0.25, -0.2) is 9.78 Å². The lowest BCUT2D eigenvalue weighted by molar-refractivity contribution is -0.121. The number of carboxylic acids is 1. The van der Waals surface area contributed by atoms with Gasteiger partial charge in [-0.05, 0) is 30.9 Å². The highest BCUT2D eigenvalue weighted by Gasteiger charge is 2.25. The van der Waals surface area contributed by atoms with Crippen LogP contribution in [0.5, 0.6) is 0 Å². The zero-order valence-corrected chi connectivity index (χ0v) is 12.4. The van der Waals surface area contributed by atoms with Crippen LogP contribution in [0.25, 0.3) is 0 Å². The van der Waals surface area contributed by atoms with Crippen LogP contribution in [0.15, 0.2) is 18.3 Å². The fourth-order valence-electron chi connectivity index (χ4n) is 2.57. The lowest BCUT2D eigenvalue weighted by Gasteiger charge is -2.31. The first kappa shape index (κ1) is 15.9. The van der Waals surface area contributed by atoms with Crippen molar-refractivity contribution in [2.45, 2.75) is 19.3 Å². The van der Waals surface area contributed by atoms with E-state index in [0.717, 1.165) is 12.8 Å². The molecule has 0 aliphatic carbocycles. The molecular weight excluding hydrogens is 286 g/mol. The monoisotopic (exact) mass is 305 g/mol. The molecule has 1 fully saturated rings. The second-order valence-electron chi connectivity index (χ2n) is 5.35. The molecule has 0 unspecified atom stereocenters. The number of likely N-dealkylation sites (tertiary alicyclic amines) is 1. The van der Waals surface area contributed by atoms with Crippen LogP contribution in [0.1, 0.15) is 40.1 Å². The third-order valence-corrected chi connectivity index (χ3v) is 3.88. The molecule has 118 valence electrons. The van der Waals surface area contributed by atoms with Gasteiger partial charge in [0.2, 0.25) is 5.91 Å². The topological polar surface area (TPSA) is 99.6 Å². The van der Waals surface area contributed by atoms with Gasteiger partial charge in [0.1, 0.15) is 5.69 Å². The largest absolute Gasteiger partial charge is 0.477 e. The van der Waals surface area contributed by atoms with Crippen molar-refractivity contribution in [2.75, 3.05) is 20.1 Å². The van der Waals surface area contributed by atoms with E-state index in [4.69, 9.17) is 5.11 Å². The number of nitrogens with zero attached hydrogens (tertiary/aromatic N) is 2. The molecule has 2 amide bonds. The zero-order chi connectivity index (χ0) is 16.1. The summed E-state index contributed by atoms with van der Waals surface area (Å²) in [7, 11) is 1.62. The maximum absolute atomic E-state index is 12.4. The van der Waals surface area contributed by atoms with Gasteiger partial charge < -0.3 is 15.3 Å². The van der Waals surface area contributed by atoms with Crippen molar-refractivity contribution in [2.24, 2.45) is 5.92 Å². The van der Waals surface area contributed by atoms with Gasteiger partial charge in [-0.2, -0.15) is 0 Å². The van der Waals surface area contributed by atoms with Gasteiger partial charge in [-0.1, -0.05) is 0 Å². The Bertz CT molecular complexity index is 580. The van der Waals surface area contributed by atoms with E-state index < -0.39 is 5.97 Å². The van der Waals surface area contributed by atoms with Crippen LogP contribution in [-0.4, -0.2) is 52.9 Å². The van der Waals surface area contributed by atoms with Crippen LogP contribution < -0.4 is 5.32 Å². The third kappa shape index (κ3) is 3.81. The van der Waals surface area contributed by atoms with Crippen molar-refractivity contribution in [1.82, 2.24) is 15.2 Å². The summed E-state index contributed by atoms with van der Waals surface area (Å²) in [4.78, 5) is 40.1. The summed E-state index contributed by atoms with van der Waals surface area (Å²) in [5.74, 6) is -1.04. The molecule has 2 N–H and O–H groups in total. The first-order valence-corrected chi connectivity index (χ1v) is 7.20. The maximum Gasteiger partial charge on any atom is 0.354 e. The number of hydrogen-bond donors (Lipinski definition) is 2. The number of hydrogen-bond acceptors (Lipinski definition) is 4. The normalized spacial score (nSPS) is 15.4. The van der Waals surface area contributed by atoms with Crippen LogP contribution in [-0.2, 0) is 4.79 Å². The predicted octanol–water partition coefficient (Wildman–Crippen LogP) is 0.768. The molecule has 0 saturated carbocycles. The van der Waals surface area contributed by atoms with Gasteiger partial charge in [0.15, 0.2) is 0 Å². The van der Waals surface area contributed by atoms with Crippen molar-refractivity contribution in [3.8, 4) is 0 Å². The van der Waals surface area contributed by atoms with Gasteiger partial charge in [0.25, 0.3) is 5.91 Å². The van der Waals surface area contributed by atoms with Gasteiger partial charge in [0.05, 0.1) is 0 Å². The van der Waals surface area contributed by atoms with Crippen LogP contribution in [0.3, 0.4) is 0 Å². The van der Waals surface area contributed by atoms with E-state index in [1.165, 1.54) is 18.3 Å². The van der Waals surface area contributed by atoms with E-state index in [2.05, 4.69) is 10.3 Å². The lowest BCUT2D eigenvalue weighted by atomic mass is 9.93. The molecule has 1 saturated heterocycles. The SMILES string of the molecule is CNC(=O)CC1CCN(C(=O)c2ccnc(C(=O)O)c2)CC1. The molecule has 0 radical (unpaired) electrons. The fraction of sp³-hybridized carbons (Fsp3) is 0.467. The molecule has 7 nitrogen and oxygen atoms in total. The molecule has 0 atom stereocenters. The molecule has 2 heterocycles. The highest BCUT2D eigenvalue weighted by atomic mass is 16.4. The highest BCUT2D eigenvalue weighted by Crippen LogP contribution is 2.21. The number of carbonyl (C=O) groups excluding carboxylic acids is 2. The van der Waals surface area contributed by atoms with Gasteiger partial charge in [-0.3, -0.25) is 9.59 Å². The molecular formula is C15H19N3O4. The first-order chi connectivity index (χ1) is 10.5. The fourth-order valence-corrected chi connectivity index (χ4v) is 2.57. The Morgan fingerprint density at radius 1 is 1.36 bits per heavy atom. The molecule has 2 rings (SSSR count). The van der Waals surface area contributed by atoms with Crippen LogP contribution >= 0.6 is 0 Å². The first-order valence-electron chi connectivity index (χ1n) is 7.20. The molecule has 1 aliphatic rings. The Labute approximate surface area is 128 Å². The van der Waals surface area contributed by atoms with Gasteiger partial charge in [-0.15, -0.1) is 0 Å². The van der Waals surface area contributed by atoms with E-state index in [-0.39, 0.29) is 23.4 Å². The third-order valence-electron chi connectivity index (χ3n) is 3.88. The number of carboxylic acid groups (broad SMARTS) is 1. The summed E-state index contributed by atoms with van der Waals surface area (Å²) in [5, 5.41) is 11.5. The summed E-state index contributed by atoms with van der Waals surface area (Å²) in [6.45, 7) is 1.15. The molecule has 0 bridgehead atoms. The Balaban J connectivity index is 1.96. The maximum atomic E-state index is 12.4. The number of piperidine rings is 1. The molecule has 22 heavy (non-hydrogen) atoms. The summed E-state index contributed by atoms with van der Waals surface area (Å²) < 4.78 is 0. The van der Waals surface area contributed by atoms with E-state index in [1.54, 1.807) is 11.9 Å². The summed E-state index contributed by atoms with van der Waals surface area (Å²) >= 11 is 0. The minimum Gasteiger partial charge on any atom is -0.477 e. The Morgan fingerprint density at radius 2 is 2.05 bits per heavy atom. The molecule has 1 aliphatic heterocycles. The lowest BCUT2D eigenvalue weighted by Crippen LogP contribution is -2.39. The second-order valence-corrected chi connectivity index (χ2v) is 5.35. The molecule has 1 aromatic rings. The number of rotatable bonds is 4. The van der Waals surface area contributed by atoms with Gasteiger partial charge in [0, 0.05) is 38.3 Å². The van der Waals surface area contributed by atoms with E-state index >= 15 is 0 Å². The van der Waals surface area contributed by atoms with E-state index in [0.29, 0.717) is 25.1 Å². The molecule has 0 aromatic carbocycles. The molecule has 7 heteroatoms. The minimum absolute atomic E-state index is 0.0185. The minimum atomic E-state index is -1.15. The standard InChI is InChI=1S/C15H19N3O4/c1-16-13(19)8-10-3-6-18(7-4-10)14(20)11-2-5-17-12(9-11)15(21)22/h2,5,9-10H,3-4,6-8H2,1H3,(H,16,19)(H,21,22). The van der Waals surface area contributed by atoms with Crippen molar-refractivity contribution >= 4 is 17.8 Å².